The van der Waals surface area contributed by atoms with Crippen molar-refractivity contribution in [3.63, 3.8) is 0 Å². The van der Waals surface area contributed by atoms with Crippen LogP contribution in [0.1, 0.15) is 34.1 Å². The highest BCUT2D eigenvalue weighted by Crippen LogP contribution is 2.63. The minimum atomic E-state index is -2.05. The normalized spacial score (nSPS) is 42.5. The van der Waals surface area contributed by atoms with Crippen molar-refractivity contribution in [3.8, 4) is 0 Å². The molecular weight excluding hydrogens is 468 g/mol. The molecule has 0 spiro atoms. The number of methoxy groups -OCH3 is 1. The summed E-state index contributed by atoms with van der Waals surface area (Å²) in [5.41, 5.74) is 0.483. The molecule has 1 unspecified atom stereocenters. The Hall–Kier alpha value is -0.703. The van der Waals surface area contributed by atoms with Gasteiger partial charge in [-0.25, -0.2) is 0 Å². The average molecular weight is 501 g/mol. The van der Waals surface area contributed by atoms with Crippen LogP contribution in [0.3, 0.4) is 0 Å². The zero-order valence-corrected chi connectivity index (χ0v) is 21.5. The van der Waals surface area contributed by atoms with Gasteiger partial charge in [-0.2, -0.15) is 0 Å². The predicted molar refractivity (Wildman–Crippen MR) is 118 cm³/mol. The maximum absolute atomic E-state index is 12.9. The molecule has 3 aliphatic heterocycles. The molecule has 8 heteroatoms. The second-order valence-electron chi connectivity index (χ2n) is 11.0. The van der Waals surface area contributed by atoms with Gasteiger partial charge in [0.2, 0.25) is 0 Å². The Bertz CT molecular complexity index is 804. The summed E-state index contributed by atoms with van der Waals surface area (Å²) in [6.45, 7) is 14.0. The molecule has 168 valence electrons. The van der Waals surface area contributed by atoms with E-state index >= 15 is 0 Å². The fraction of sp³-hybridized carbons (Fsp3) is 0.818. The lowest BCUT2D eigenvalue weighted by molar-refractivity contribution is -0.211. The van der Waals surface area contributed by atoms with Gasteiger partial charge in [0.05, 0.1) is 25.7 Å². The van der Waals surface area contributed by atoms with Crippen LogP contribution < -0.4 is 0 Å². The standard InChI is InChI=1S/C22H33BrO6Si/c1-20(2,3)30(6,7)28-11-21(4)13(18(24)26-5)8-12-15-9-16-22(23,19(25)29-15)17(12)14(21)10-27-16/h8,13-17H,9-11H2,1-7H3/t13-,14?,15-,16-,17-,21+,22-/m0/s1. The van der Waals surface area contributed by atoms with Crippen LogP contribution in [0.5, 0.6) is 0 Å². The van der Waals surface area contributed by atoms with E-state index in [0.29, 0.717) is 19.6 Å². The summed E-state index contributed by atoms with van der Waals surface area (Å²) in [6.07, 6.45) is 2.10. The van der Waals surface area contributed by atoms with Crippen LogP contribution in [-0.2, 0) is 28.2 Å². The molecule has 30 heavy (non-hydrogen) atoms. The Kier molecular flexibility index (Phi) is 5.17. The van der Waals surface area contributed by atoms with Crippen LogP contribution in [0.15, 0.2) is 11.6 Å². The number of alkyl halides is 1. The Labute approximate surface area is 188 Å². The number of carbonyl (C=O) groups is 2. The predicted octanol–water partition coefficient (Wildman–Crippen LogP) is 3.84. The van der Waals surface area contributed by atoms with Crippen LogP contribution in [0.25, 0.3) is 0 Å². The summed E-state index contributed by atoms with van der Waals surface area (Å²) in [7, 11) is -0.624. The summed E-state index contributed by atoms with van der Waals surface area (Å²) in [6, 6.07) is 0. The van der Waals surface area contributed by atoms with E-state index in [4.69, 9.17) is 18.6 Å². The van der Waals surface area contributed by atoms with E-state index in [1.165, 1.54) is 7.11 Å². The first-order valence-corrected chi connectivity index (χ1v) is 14.4. The van der Waals surface area contributed by atoms with Crippen molar-refractivity contribution in [2.75, 3.05) is 20.3 Å². The first kappa shape index (κ1) is 22.5. The number of fused-ring (bicyclic) bond motifs is 1. The summed E-state index contributed by atoms with van der Waals surface area (Å²) in [4.78, 5) is 25.8. The quantitative estimate of drug-likeness (QED) is 0.252. The molecule has 0 aromatic heterocycles. The first-order valence-electron chi connectivity index (χ1n) is 10.7. The maximum Gasteiger partial charge on any atom is 0.326 e. The van der Waals surface area contributed by atoms with Gasteiger partial charge in [0, 0.05) is 24.4 Å². The van der Waals surface area contributed by atoms with Crippen molar-refractivity contribution in [2.45, 2.75) is 68.8 Å². The number of hydrogen-bond acceptors (Lipinski definition) is 6. The zero-order valence-electron chi connectivity index (χ0n) is 18.9. The van der Waals surface area contributed by atoms with Gasteiger partial charge in [0.1, 0.15) is 6.10 Å². The van der Waals surface area contributed by atoms with Crippen molar-refractivity contribution in [1.82, 2.24) is 0 Å². The lowest BCUT2D eigenvalue weighted by atomic mass is 9.51. The number of esters is 2. The molecule has 3 heterocycles. The molecule has 7 atom stereocenters. The number of rotatable bonds is 4. The highest BCUT2D eigenvalue weighted by molar-refractivity contribution is 9.10. The number of hydrogen-bond donors (Lipinski definition) is 0. The zero-order chi connectivity index (χ0) is 22.3. The molecule has 0 amide bonds. The summed E-state index contributed by atoms with van der Waals surface area (Å²) >= 11 is 3.76. The highest BCUT2D eigenvalue weighted by Gasteiger charge is 2.71. The van der Waals surface area contributed by atoms with Crippen LogP contribution >= 0.6 is 15.9 Å². The first-order chi connectivity index (χ1) is 13.8. The van der Waals surface area contributed by atoms with E-state index in [1.807, 2.05) is 6.08 Å². The smallest absolute Gasteiger partial charge is 0.326 e. The fourth-order valence-corrected chi connectivity index (χ4v) is 7.48. The van der Waals surface area contributed by atoms with Crippen LogP contribution in [0, 0.1) is 23.2 Å². The van der Waals surface area contributed by atoms with E-state index in [1.54, 1.807) is 0 Å². The van der Waals surface area contributed by atoms with Gasteiger partial charge < -0.3 is 18.6 Å². The molecular formula is C22H33BrO6Si. The van der Waals surface area contributed by atoms with Crippen LogP contribution in [0.4, 0.5) is 0 Å². The Morgan fingerprint density at radius 1 is 1.37 bits per heavy atom. The number of carbonyl (C=O) groups excluding carboxylic acids is 2. The minimum absolute atomic E-state index is 0.0539. The summed E-state index contributed by atoms with van der Waals surface area (Å²) in [5, 5.41) is 0.0539. The molecule has 5 rings (SSSR count). The van der Waals surface area contributed by atoms with Crippen molar-refractivity contribution in [3.05, 3.63) is 11.6 Å². The third kappa shape index (κ3) is 2.93. The Morgan fingerprint density at radius 2 is 2.03 bits per heavy atom. The van der Waals surface area contributed by atoms with Gasteiger partial charge in [-0.05, 0) is 29.6 Å². The molecule has 0 aromatic carbocycles. The summed E-state index contributed by atoms with van der Waals surface area (Å²) in [5.74, 6) is -1.12. The Balaban J connectivity index is 1.78. The van der Waals surface area contributed by atoms with E-state index in [0.717, 1.165) is 5.57 Å². The number of ether oxygens (including phenoxy) is 3. The SMILES string of the molecule is COC(=O)[C@@H]1C=C2[C@@H]3C[C@@H]4OCC([C@H]2[C@]4(Br)C(=O)O3)[C@]1(C)CO[Si](C)(C)C(C)(C)C. The molecule has 2 aliphatic carbocycles. The second kappa shape index (κ2) is 6.90. The van der Waals surface area contributed by atoms with Gasteiger partial charge in [-0.1, -0.05) is 49.7 Å². The Morgan fingerprint density at radius 3 is 2.63 bits per heavy atom. The fourth-order valence-electron chi connectivity index (χ4n) is 5.38. The largest absolute Gasteiger partial charge is 0.469 e. The van der Waals surface area contributed by atoms with Crippen molar-refractivity contribution in [2.24, 2.45) is 23.2 Å². The molecule has 6 nitrogen and oxygen atoms in total. The molecule has 0 radical (unpaired) electrons. The highest BCUT2D eigenvalue weighted by atomic mass is 79.9. The van der Waals surface area contributed by atoms with Gasteiger partial charge in [-0.15, -0.1) is 0 Å². The van der Waals surface area contributed by atoms with Crippen LogP contribution in [0.2, 0.25) is 18.1 Å². The van der Waals surface area contributed by atoms with E-state index in [-0.39, 0.29) is 41.0 Å². The van der Waals surface area contributed by atoms with Crippen LogP contribution in [-0.4, -0.2) is 57.1 Å². The lowest BCUT2D eigenvalue weighted by Gasteiger charge is -2.63. The molecule has 0 aromatic rings. The molecule has 4 fully saturated rings. The van der Waals surface area contributed by atoms with Crippen molar-refractivity contribution < 1.29 is 28.2 Å². The molecule has 5 aliphatic rings. The molecule has 4 bridgehead atoms. The monoisotopic (exact) mass is 500 g/mol. The van der Waals surface area contributed by atoms with E-state index in [9.17, 15) is 9.59 Å². The van der Waals surface area contributed by atoms with Gasteiger partial charge in [0.15, 0.2) is 12.6 Å². The minimum Gasteiger partial charge on any atom is -0.469 e. The summed E-state index contributed by atoms with van der Waals surface area (Å²) < 4.78 is 22.9. The maximum atomic E-state index is 12.9. The van der Waals surface area contributed by atoms with E-state index < -0.39 is 24.0 Å². The molecule has 1 saturated carbocycles. The van der Waals surface area contributed by atoms with Gasteiger partial charge >= 0.3 is 11.9 Å². The van der Waals surface area contributed by atoms with Crippen molar-refractivity contribution >= 4 is 36.2 Å². The topological polar surface area (TPSA) is 71.1 Å². The third-order valence-electron chi connectivity index (χ3n) is 8.44. The van der Waals surface area contributed by atoms with Crippen molar-refractivity contribution in [1.29, 1.82) is 0 Å². The third-order valence-corrected chi connectivity index (χ3v) is 14.2. The van der Waals surface area contributed by atoms with Gasteiger partial charge in [-0.3, -0.25) is 9.59 Å². The average Bonchev–Trinajstić information content (AvgIpc) is 2.65. The lowest BCUT2D eigenvalue weighted by Crippen LogP contribution is -2.72. The molecule has 3 saturated heterocycles. The van der Waals surface area contributed by atoms with Gasteiger partial charge in [0.25, 0.3) is 0 Å². The second-order valence-corrected chi connectivity index (χ2v) is 17.1. The molecule has 0 N–H and O–H groups in total. The van der Waals surface area contributed by atoms with E-state index in [2.05, 4.69) is 56.7 Å². The number of halogens is 1.